The van der Waals surface area contributed by atoms with Crippen LogP contribution in [0.1, 0.15) is 11.1 Å². The van der Waals surface area contributed by atoms with E-state index in [-0.39, 0.29) is 0 Å². The maximum Gasteiger partial charge on any atom is 0.209 e. The Morgan fingerprint density at radius 3 is 2.54 bits per heavy atom. The number of ether oxygens (including phenoxy) is 2. The van der Waals surface area contributed by atoms with E-state index in [1.54, 1.807) is 26.0 Å². The number of hydrogen-bond donors (Lipinski definition) is 1. The van der Waals surface area contributed by atoms with Gasteiger partial charge in [0.2, 0.25) is 5.16 Å². The molecule has 0 atom stereocenters. The Morgan fingerprint density at radius 2 is 1.83 bits per heavy atom. The summed E-state index contributed by atoms with van der Waals surface area (Å²) in [6, 6.07) is 14.1. The average molecular weight is 341 g/mol. The number of aromatic amines is 1. The highest BCUT2D eigenvalue weighted by atomic mass is 32.2. The summed E-state index contributed by atoms with van der Waals surface area (Å²) in [6.07, 6.45) is 0. The Balaban J connectivity index is 1.74. The molecule has 0 unspecified atom stereocenters. The van der Waals surface area contributed by atoms with Crippen LogP contribution in [0.2, 0.25) is 0 Å². The van der Waals surface area contributed by atoms with Gasteiger partial charge in [0.05, 0.1) is 19.8 Å². The lowest BCUT2D eigenvalue weighted by molar-refractivity contribution is 0.395. The molecule has 6 heteroatoms. The molecule has 5 nitrogen and oxygen atoms in total. The Labute approximate surface area is 145 Å². The molecule has 0 aliphatic rings. The van der Waals surface area contributed by atoms with Gasteiger partial charge in [0.25, 0.3) is 0 Å². The van der Waals surface area contributed by atoms with Crippen LogP contribution < -0.4 is 9.47 Å². The first-order chi connectivity index (χ1) is 11.7. The summed E-state index contributed by atoms with van der Waals surface area (Å²) in [5.74, 6) is 2.95. The maximum absolute atomic E-state index is 5.42. The lowest BCUT2D eigenvalue weighted by Gasteiger charge is -2.07. The number of methoxy groups -OCH3 is 2. The molecule has 0 fully saturated rings. The van der Waals surface area contributed by atoms with Gasteiger partial charge in [-0.05, 0) is 24.6 Å². The predicted octanol–water partition coefficient (Wildman–Crippen LogP) is 4.09. The van der Waals surface area contributed by atoms with Crippen LogP contribution in [0.4, 0.5) is 0 Å². The molecule has 0 aliphatic heterocycles. The molecule has 0 aliphatic carbocycles. The minimum atomic E-state index is 0.681. The van der Waals surface area contributed by atoms with E-state index in [0.717, 1.165) is 17.1 Å². The molecule has 2 aromatic carbocycles. The lowest BCUT2D eigenvalue weighted by atomic mass is 10.2. The minimum absolute atomic E-state index is 0.681. The number of aryl methyl sites for hydroxylation is 1. The largest absolute Gasteiger partial charge is 0.497 e. The van der Waals surface area contributed by atoms with Crippen molar-refractivity contribution in [2.45, 2.75) is 17.8 Å². The van der Waals surface area contributed by atoms with E-state index in [4.69, 9.17) is 9.47 Å². The first-order valence-electron chi connectivity index (χ1n) is 7.52. The first-order valence-corrected chi connectivity index (χ1v) is 8.51. The molecule has 0 spiro atoms. The van der Waals surface area contributed by atoms with E-state index in [9.17, 15) is 0 Å². The Kier molecular flexibility index (Phi) is 5.05. The van der Waals surface area contributed by atoms with Gasteiger partial charge < -0.3 is 9.47 Å². The Hall–Kier alpha value is -2.47. The Morgan fingerprint density at radius 1 is 1.04 bits per heavy atom. The fourth-order valence-electron chi connectivity index (χ4n) is 2.26. The Bertz CT molecular complexity index is 815. The van der Waals surface area contributed by atoms with Gasteiger partial charge in [-0.2, -0.15) is 0 Å². The molecule has 3 rings (SSSR count). The van der Waals surface area contributed by atoms with Gasteiger partial charge in [0.1, 0.15) is 11.5 Å². The van der Waals surface area contributed by atoms with Crippen molar-refractivity contribution in [1.29, 1.82) is 0 Å². The number of nitrogens with zero attached hydrogens (tertiary/aromatic N) is 2. The number of benzene rings is 2. The number of hydrogen-bond acceptors (Lipinski definition) is 5. The highest BCUT2D eigenvalue weighted by molar-refractivity contribution is 7.98. The van der Waals surface area contributed by atoms with Crippen LogP contribution in [0, 0.1) is 6.92 Å². The number of thioether (sulfide) groups is 1. The van der Waals surface area contributed by atoms with Crippen LogP contribution in [0.5, 0.6) is 11.5 Å². The summed E-state index contributed by atoms with van der Waals surface area (Å²) in [5, 5.41) is 7.97. The number of rotatable bonds is 6. The van der Waals surface area contributed by atoms with Crippen molar-refractivity contribution in [2.24, 2.45) is 0 Å². The van der Waals surface area contributed by atoms with E-state index in [1.807, 2.05) is 18.2 Å². The monoisotopic (exact) mass is 341 g/mol. The zero-order chi connectivity index (χ0) is 16.9. The van der Waals surface area contributed by atoms with E-state index in [0.29, 0.717) is 16.7 Å². The first kappa shape index (κ1) is 16.4. The van der Waals surface area contributed by atoms with Crippen molar-refractivity contribution < 1.29 is 9.47 Å². The van der Waals surface area contributed by atoms with E-state index < -0.39 is 0 Å². The molecule has 3 aromatic rings. The summed E-state index contributed by atoms with van der Waals surface area (Å²) in [4.78, 5) is 4.55. The topological polar surface area (TPSA) is 60.0 Å². The second-order valence-corrected chi connectivity index (χ2v) is 6.25. The zero-order valence-corrected chi connectivity index (χ0v) is 14.7. The van der Waals surface area contributed by atoms with Gasteiger partial charge >= 0.3 is 0 Å². The fourth-order valence-corrected chi connectivity index (χ4v) is 3.01. The van der Waals surface area contributed by atoms with Crippen molar-refractivity contribution in [3.8, 4) is 22.9 Å². The summed E-state index contributed by atoms with van der Waals surface area (Å²) in [5.41, 5.74) is 3.36. The molecule has 0 radical (unpaired) electrons. The summed E-state index contributed by atoms with van der Waals surface area (Å²) in [7, 11) is 3.25. The number of aromatic nitrogens is 3. The van der Waals surface area contributed by atoms with Gasteiger partial charge in [-0.3, -0.25) is 5.10 Å². The minimum Gasteiger partial charge on any atom is -0.497 e. The van der Waals surface area contributed by atoms with Crippen LogP contribution in [-0.4, -0.2) is 29.4 Å². The smallest absolute Gasteiger partial charge is 0.209 e. The van der Waals surface area contributed by atoms with E-state index in [2.05, 4.69) is 46.4 Å². The van der Waals surface area contributed by atoms with Crippen molar-refractivity contribution in [3.05, 3.63) is 53.6 Å². The zero-order valence-electron chi connectivity index (χ0n) is 13.9. The molecule has 0 saturated heterocycles. The van der Waals surface area contributed by atoms with E-state index >= 15 is 0 Å². The molecule has 124 valence electrons. The third kappa shape index (κ3) is 3.71. The predicted molar refractivity (Wildman–Crippen MR) is 95.7 cm³/mol. The van der Waals surface area contributed by atoms with Crippen molar-refractivity contribution in [1.82, 2.24) is 15.2 Å². The van der Waals surface area contributed by atoms with Gasteiger partial charge in [0.15, 0.2) is 5.82 Å². The van der Waals surface area contributed by atoms with Gasteiger partial charge in [0, 0.05) is 11.8 Å². The summed E-state index contributed by atoms with van der Waals surface area (Å²) < 4.78 is 10.6. The quantitative estimate of drug-likeness (QED) is 0.684. The summed E-state index contributed by atoms with van der Waals surface area (Å²) >= 11 is 1.60. The van der Waals surface area contributed by atoms with Crippen molar-refractivity contribution >= 4 is 11.8 Å². The number of H-pyrrole nitrogens is 1. The van der Waals surface area contributed by atoms with E-state index in [1.165, 1.54) is 11.1 Å². The SMILES string of the molecule is COc1ccc(-c2nc(SCc3ccc(C)cc3)n[nH]2)c(OC)c1. The molecule has 1 aromatic heterocycles. The fraction of sp³-hybridized carbons (Fsp3) is 0.222. The normalized spacial score (nSPS) is 10.6. The van der Waals surface area contributed by atoms with Gasteiger partial charge in [-0.25, -0.2) is 4.98 Å². The van der Waals surface area contributed by atoms with Crippen LogP contribution in [0.3, 0.4) is 0 Å². The highest BCUT2D eigenvalue weighted by Crippen LogP contribution is 2.32. The van der Waals surface area contributed by atoms with Gasteiger partial charge in [-0.1, -0.05) is 41.6 Å². The van der Waals surface area contributed by atoms with Crippen LogP contribution in [0.25, 0.3) is 11.4 Å². The molecule has 0 bridgehead atoms. The van der Waals surface area contributed by atoms with Gasteiger partial charge in [-0.15, -0.1) is 5.10 Å². The molecule has 0 saturated carbocycles. The second-order valence-electron chi connectivity index (χ2n) is 5.31. The lowest BCUT2D eigenvalue weighted by Crippen LogP contribution is -1.91. The maximum atomic E-state index is 5.42. The van der Waals surface area contributed by atoms with Crippen LogP contribution in [-0.2, 0) is 5.75 Å². The summed E-state index contributed by atoms with van der Waals surface area (Å²) in [6.45, 7) is 2.08. The molecular formula is C18H19N3O2S. The molecule has 0 amide bonds. The van der Waals surface area contributed by atoms with Crippen molar-refractivity contribution in [2.75, 3.05) is 14.2 Å². The third-order valence-corrected chi connectivity index (χ3v) is 4.54. The standard InChI is InChI=1S/C18H19N3O2S/c1-12-4-6-13(7-5-12)11-24-18-19-17(20-21-18)15-9-8-14(22-2)10-16(15)23-3/h4-10H,11H2,1-3H3,(H,19,20,21). The molecular weight excluding hydrogens is 322 g/mol. The average Bonchev–Trinajstić information content (AvgIpc) is 3.09. The van der Waals surface area contributed by atoms with Crippen LogP contribution >= 0.6 is 11.8 Å². The molecule has 1 heterocycles. The van der Waals surface area contributed by atoms with Crippen LogP contribution in [0.15, 0.2) is 47.6 Å². The molecule has 24 heavy (non-hydrogen) atoms. The number of nitrogens with one attached hydrogen (secondary N) is 1. The highest BCUT2D eigenvalue weighted by Gasteiger charge is 2.12. The molecule has 1 N–H and O–H groups in total. The third-order valence-electron chi connectivity index (χ3n) is 3.62. The van der Waals surface area contributed by atoms with Crippen molar-refractivity contribution in [3.63, 3.8) is 0 Å². The second kappa shape index (κ2) is 7.40.